The third-order valence-corrected chi connectivity index (χ3v) is 4.23. The number of carboxylic acids is 1. The summed E-state index contributed by atoms with van der Waals surface area (Å²) in [7, 11) is 0. The first-order valence-corrected chi connectivity index (χ1v) is 7.83. The Balaban J connectivity index is 1.82. The summed E-state index contributed by atoms with van der Waals surface area (Å²) in [6, 6.07) is 5.45. The van der Waals surface area contributed by atoms with E-state index in [4.69, 9.17) is 14.6 Å². The number of fused-ring (bicyclic) bond motifs is 1. The van der Waals surface area contributed by atoms with Gasteiger partial charge in [0.2, 0.25) is 6.79 Å². The van der Waals surface area contributed by atoms with Crippen molar-refractivity contribution in [2.45, 2.75) is 6.92 Å². The van der Waals surface area contributed by atoms with E-state index in [0.29, 0.717) is 23.1 Å². The molecule has 1 N–H and O–H groups in total. The number of thiazole rings is 1. The molecular formula is C15H14N2O5S. The fourth-order valence-electron chi connectivity index (χ4n) is 2.19. The summed E-state index contributed by atoms with van der Waals surface area (Å²) in [5, 5.41) is 11.1. The summed E-state index contributed by atoms with van der Waals surface area (Å²) >= 11 is 1.32. The molecule has 3 rings (SSSR count). The van der Waals surface area contributed by atoms with Crippen molar-refractivity contribution >= 4 is 23.2 Å². The van der Waals surface area contributed by atoms with E-state index in [9.17, 15) is 9.59 Å². The Kier molecular flexibility index (Phi) is 4.16. The molecule has 0 fully saturated rings. The van der Waals surface area contributed by atoms with Crippen molar-refractivity contribution in [3.05, 3.63) is 29.3 Å². The molecule has 0 atom stereocenters. The van der Waals surface area contributed by atoms with Crippen LogP contribution in [0, 0.1) is 0 Å². The van der Waals surface area contributed by atoms with E-state index in [1.165, 1.54) is 16.2 Å². The molecular weight excluding hydrogens is 320 g/mol. The molecule has 2 aromatic rings. The molecule has 1 aromatic heterocycles. The fourth-order valence-corrected chi connectivity index (χ4v) is 2.98. The van der Waals surface area contributed by atoms with Crippen molar-refractivity contribution in [1.82, 2.24) is 9.88 Å². The van der Waals surface area contributed by atoms with Crippen molar-refractivity contribution in [3.63, 3.8) is 0 Å². The number of carbonyl (C=O) groups excluding carboxylic acids is 1. The van der Waals surface area contributed by atoms with Crippen LogP contribution in [0.5, 0.6) is 11.5 Å². The van der Waals surface area contributed by atoms with Crippen LogP contribution in [-0.2, 0) is 4.79 Å². The average molecular weight is 334 g/mol. The van der Waals surface area contributed by atoms with Crippen LogP contribution in [0.25, 0.3) is 10.6 Å². The molecule has 0 aliphatic carbocycles. The first-order chi connectivity index (χ1) is 11.1. The Morgan fingerprint density at radius 2 is 2.13 bits per heavy atom. The van der Waals surface area contributed by atoms with Gasteiger partial charge in [-0.25, -0.2) is 4.98 Å². The summed E-state index contributed by atoms with van der Waals surface area (Å²) in [5.41, 5.74) is 1.06. The minimum atomic E-state index is -1.05. The highest BCUT2D eigenvalue weighted by atomic mass is 32.1. The molecule has 0 saturated heterocycles. The molecule has 8 heteroatoms. The lowest BCUT2D eigenvalue weighted by Crippen LogP contribution is -2.35. The van der Waals surface area contributed by atoms with Crippen molar-refractivity contribution in [2.75, 3.05) is 19.9 Å². The van der Waals surface area contributed by atoms with Crippen LogP contribution in [0.15, 0.2) is 23.6 Å². The lowest BCUT2D eigenvalue weighted by atomic mass is 10.2. The number of hydrogen-bond donors (Lipinski definition) is 1. The number of aliphatic carboxylic acids is 1. The Morgan fingerprint density at radius 1 is 1.35 bits per heavy atom. The van der Waals surface area contributed by atoms with Crippen LogP contribution in [0.1, 0.15) is 17.4 Å². The van der Waals surface area contributed by atoms with E-state index < -0.39 is 11.9 Å². The van der Waals surface area contributed by atoms with E-state index in [0.717, 1.165) is 5.56 Å². The number of aromatic nitrogens is 1. The SMILES string of the molecule is CCN(CC(=O)O)C(=O)c1csc(-c2ccc3c(c2)OCO3)n1. The third-order valence-electron chi connectivity index (χ3n) is 3.34. The predicted octanol–water partition coefficient (Wildman–Crippen LogP) is 2.09. The highest BCUT2D eigenvalue weighted by Crippen LogP contribution is 2.36. The van der Waals surface area contributed by atoms with Crippen molar-refractivity contribution in [3.8, 4) is 22.1 Å². The topological polar surface area (TPSA) is 89.0 Å². The Bertz CT molecular complexity index is 758. The molecule has 23 heavy (non-hydrogen) atoms. The van der Waals surface area contributed by atoms with Gasteiger partial charge in [0.05, 0.1) is 0 Å². The van der Waals surface area contributed by atoms with Crippen molar-refractivity contribution in [2.24, 2.45) is 0 Å². The van der Waals surface area contributed by atoms with Gasteiger partial charge in [-0.3, -0.25) is 9.59 Å². The number of carboxylic acid groups (broad SMARTS) is 1. The number of rotatable bonds is 5. The van der Waals surface area contributed by atoms with Crippen molar-refractivity contribution < 1.29 is 24.2 Å². The zero-order valence-electron chi connectivity index (χ0n) is 12.3. The van der Waals surface area contributed by atoms with Crippen LogP contribution in [-0.4, -0.2) is 46.7 Å². The van der Waals surface area contributed by atoms with Crippen LogP contribution in [0.3, 0.4) is 0 Å². The zero-order valence-corrected chi connectivity index (χ0v) is 13.1. The molecule has 0 spiro atoms. The maximum atomic E-state index is 12.3. The number of amides is 1. The second kappa shape index (κ2) is 6.25. The van der Waals surface area contributed by atoms with Gasteiger partial charge in [-0.2, -0.15) is 0 Å². The molecule has 1 aliphatic rings. The lowest BCUT2D eigenvalue weighted by molar-refractivity contribution is -0.137. The molecule has 1 aliphatic heterocycles. The van der Waals surface area contributed by atoms with E-state index >= 15 is 0 Å². The van der Waals surface area contributed by atoms with Gasteiger partial charge in [0.15, 0.2) is 11.5 Å². The van der Waals surface area contributed by atoms with Gasteiger partial charge in [0.1, 0.15) is 17.2 Å². The van der Waals surface area contributed by atoms with Gasteiger partial charge < -0.3 is 19.5 Å². The summed E-state index contributed by atoms with van der Waals surface area (Å²) in [6.07, 6.45) is 0. The van der Waals surface area contributed by atoms with Gasteiger partial charge in [0.25, 0.3) is 5.91 Å². The second-order valence-corrected chi connectivity index (χ2v) is 5.68. The molecule has 0 radical (unpaired) electrons. The molecule has 1 aromatic carbocycles. The number of ether oxygens (including phenoxy) is 2. The summed E-state index contributed by atoms with van der Waals surface area (Å²) in [4.78, 5) is 28.7. The number of hydrogen-bond acceptors (Lipinski definition) is 6. The molecule has 1 amide bonds. The number of carbonyl (C=O) groups is 2. The van der Waals surface area contributed by atoms with E-state index in [2.05, 4.69) is 4.98 Å². The number of likely N-dealkylation sites (N-methyl/N-ethyl adjacent to an activating group) is 1. The number of nitrogens with zero attached hydrogens (tertiary/aromatic N) is 2. The lowest BCUT2D eigenvalue weighted by Gasteiger charge is -2.16. The van der Waals surface area contributed by atoms with E-state index in [1.807, 2.05) is 12.1 Å². The largest absolute Gasteiger partial charge is 0.480 e. The Labute approximate surface area is 136 Å². The molecule has 0 bridgehead atoms. The summed E-state index contributed by atoms with van der Waals surface area (Å²) in [6.45, 7) is 1.89. The van der Waals surface area contributed by atoms with Gasteiger partial charge in [-0.15, -0.1) is 11.3 Å². The first-order valence-electron chi connectivity index (χ1n) is 6.95. The highest BCUT2D eigenvalue weighted by molar-refractivity contribution is 7.13. The quantitative estimate of drug-likeness (QED) is 0.900. The highest BCUT2D eigenvalue weighted by Gasteiger charge is 2.21. The summed E-state index contributed by atoms with van der Waals surface area (Å²) in [5.74, 6) is -0.114. The monoisotopic (exact) mass is 334 g/mol. The van der Waals surface area contributed by atoms with Crippen LogP contribution < -0.4 is 9.47 Å². The van der Waals surface area contributed by atoms with E-state index in [-0.39, 0.29) is 19.0 Å². The van der Waals surface area contributed by atoms with Gasteiger partial charge >= 0.3 is 5.97 Å². The predicted molar refractivity (Wildman–Crippen MR) is 82.9 cm³/mol. The van der Waals surface area contributed by atoms with Crippen molar-refractivity contribution in [1.29, 1.82) is 0 Å². The van der Waals surface area contributed by atoms with Gasteiger partial charge in [-0.05, 0) is 25.1 Å². The normalized spacial score (nSPS) is 12.2. The number of benzene rings is 1. The molecule has 7 nitrogen and oxygen atoms in total. The maximum Gasteiger partial charge on any atom is 0.323 e. The second-order valence-electron chi connectivity index (χ2n) is 4.82. The maximum absolute atomic E-state index is 12.3. The smallest absolute Gasteiger partial charge is 0.323 e. The standard InChI is InChI=1S/C15H14N2O5S/c1-2-17(6-13(18)19)15(20)10-7-23-14(16-10)9-3-4-11-12(5-9)22-8-21-11/h3-5,7H,2,6,8H2,1H3,(H,18,19). The zero-order chi connectivity index (χ0) is 16.4. The average Bonchev–Trinajstić information content (AvgIpc) is 3.19. The molecule has 0 unspecified atom stereocenters. The molecule has 0 saturated carbocycles. The third kappa shape index (κ3) is 3.11. The van der Waals surface area contributed by atoms with E-state index in [1.54, 1.807) is 18.4 Å². The Morgan fingerprint density at radius 3 is 2.87 bits per heavy atom. The summed E-state index contributed by atoms with van der Waals surface area (Å²) < 4.78 is 10.6. The van der Waals surface area contributed by atoms with Crippen LogP contribution >= 0.6 is 11.3 Å². The van der Waals surface area contributed by atoms with Gasteiger partial charge in [-0.1, -0.05) is 0 Å². The van der Waals surface area contributed by atoms with Crippen LogP contribution in [0.4, 0.5) is 0 Å². The fraction of sp³-hybridized carbons (Fsp3) is 0.267. The van der Waals surface area contributed by atoms with Crippen LogP contribution in [0.2, 0.25) is 0 Å². The first kappa shape index (κ1) is 15.3. The Hall–Kier alpha value is -2.61. The minimum absolute atomic E-state index is 0.195. The minimum Gasteiger partial charge on any atom is -0.480 e. The van der Waals surface area contributed by atoms with Gasteiger partial charge in [0, 0.05) is 17.5 Å². The molecule has 2 heterocycles. The molecule has 120 valence electrons.